The summed E-state index contributed by atoms with van der Waals surface area (Å²) < 4.78 is 10.4. The maximum atomic E-state index is 5.57. The second kappa shape index (κ2) is 7.07. The lowest BCUT2D eigenvalue weighted by atomic mass is 10.2. The summed E-state index contributed by atoms with van der Waals surface area (Å²) in [5.41, 5.74) is 1.21. The van der Waals surface area contributed by atoms with Gasteiger partial charge in [-0.3, -0.25) is 0 Å². The molecule has 0 saturated carbocycles. The van der Waals surface area contributed by atoms with E-state index in [9.17, 15) is 0 Å². The van der Waals surface area contributed by atoms with Crippen LogP contribution in [0.5, 0.6) is 0 Å². The van der Waals surface area contributed by atoms with Crippen molar-refractivity contribution in [3.8, 4) is 0 Å². The Kier molecular flexibility index (Phi) is 5.56. The fourth-order valence-corrected chi connectivity index (χ4v) is 1.21. The molecular formula is C13H18O2. The fourth-order valence-electron chi connectivity index (χ4n) is 1.21. The quantitative estimate of drug-likeness (QED) is 0.666. The average Bonchev–Trinajstić information content (AvgIpc) is 2.28. The molecule has 0 heterocycles. The predicted molar refractivity (Wildman–Crippen MR) is 61.4 cm³/mol. The maximum absolute atomic E-state index is 5.57. The summed E-state index contributed by atoms with van der Waals surface area (Å²) in [4.78, 5) is 0. The summed E-state index contributed by atoms with van der Waals surface area (Å²) >= 11 is 0. The minimum Gasteiger partial charge on any atom is -0.505 e. The van der Waals surface area contributed by atoms with E-state index >= 15 is 0 Å². The van der Waals surface area contributed by atoms with Gasteiger partial charge in [0.25, 0.3) is 0 Å². The zero-order valence-electron chi connectivity index (χ0n) is 9.35. The molecule has 2 heteroatoms. The number of ether oxygens (including phenoxy) is 2. The second-order valence-electron chi connectivity index (χ2n) is 3.54. The van der Waals surface area contributed by atoms with Crippen LogP contribution in [0.2, 0.25) is 0 Å². The molecule has 1 aromatic carbocycles. The first kappa shape index (κ1) is 11.8. The summed E-state index contributed by atoms with van der Waals surface area (Å²) in [5, 5.41) is 0. The van der Waals surface area contributed by atoms with Crippen molar-refractivity contribution in [1.29, 1.82) is 0 Å². The zero-order valence-corrected chi connectivity index (χ0v) is 9.35. The fraction of sp³-hybridized carbons (Fsp3) is 0.385. The average molecular weight is 206 g/mol. The predicted octanol–water partition coefficient (Wildman–Crippen LogP) is 3.00. The van der Waals surface area contributed by atoms with Gasteiger partial charge in [0.05, 0.1) is 26.6 Å². The van der Waals surface area contributed by atoms with E-state index in [1.165, 1.54) is 5.56 Å². The molecule has 0 amide bonds. The van der Waals surface area contributed by atoms with Crippen molar-refractivity contribution in [1.82, 2.24) is 0 Å². The Morgan fingerprint density at radius 3 is 2.67 bits per heavy atom. The molecular weight excluding hydrogens is 188 g/mol. The van der Waals surface area contributed by atoms with Gasteiger partial charge in [0.15, 0.2) is 0 Å². The minimum absolute atomic E-state index is 0.383. The molecule has 0 N–H and O–H groups in total. The van der Waals surface area contributed by atoms with Crippen LogP contribution in [0.4, 0.5) is 0 Å². The molecule has 0 fully saturated rings. The Balaban J connectivity index is 2.19. The highest BCUT2D eigenvalue weighted by atomic mass is 16.5. The van der Waals surface area contributed by atoms with Crippen molar-refractivity contribution in [3.63, 3.8) is 0 Å². The molecule has 0 unspecified atom stereocenters. The van der Waals surface area contributed by atoms with Gasteiger partial charge in [0.2, 0.25) is 0 Å². The first-order valence-corrected chi connectivity index (χ1v) is 5.14. The molecule has 0 aliphatic carbocycles. The van der Waals surface area contributed by atoms with E-state index in [4.69, 9.17) is 9.47 Å². The van der Waals surface area contributed by atoms with E-state index in [0.29, 0.717) is 12.5 Å². The largest absolute Gasteiger partial charge is 0.505 e. The summed E-state index contributed by atoms with van der Waals surface area (Å²) in [5.74, 6) is 0.383. The molecule has 0 spiro atoms. The lowest BCUT2D eigenvalue weighted by Crippen LogP contribution is -2.03. The Hall–Kier alpha value is -1.28. The molecule has 15 heavy (non-hydrogen) atoms. The molecule has 82 valence electrons. The number of hydrogen-bond acceptors (Lipinski definition) is 2. The molecule has 0 aliphatic rings. The highest BCUT2D eigenvalue weighted by Gasteiger charge is 1.97. The highest BCUT2D eigenvalue weighted by Crippen LogP contribution is 2.04. The van der Waals surface area contributed by atoms with Crippen molar-refractivity contribution in [2.24, 2.45) is 5.92 Å². The van der Waals surface area contributed by atoms with Crippen LogP contribution in [0.25, 0.3) is 0 Å². The van der Waals surface area contributed by atoms with Crippen LogP contribution in [0.15, 0.2) is 42.7 Å². The Morgan fingerprint density at radius 1 is 1.27 bits per heavy atom. The standard InChI is InChI=1S/C13H18O2/c1-12(8-9-14-2)10-15-11-13-6-4-3-5-7-13/h3-9,12H,10-11H2,1-2H3/b9-8+/t12-/m0/s1. The van der Waals surface area contributed by atoms with Gasteiger partial charge in [0, 0.05) is 5.92 Å². The second-order valence-corrected chi connectivity index (χ2v) is 3.54. The monoisotopic (exact) mass is 206 g/mol. The van der Waals surface area contributed by atoms with Gasteiger partial charge in [-0.1, -0.05) is 37.3 Å². The summed E-state index contributed by atoms with van der Waals surface area (Å²) in [6.07, 6.45) is 3.68. The Morgan fingerprint density at radius 2 is 2.00 bits per heavy atom. The number of benzene rings is 1. The first-order valence-electron chi connectivity index (χ1n) is 5.14. The third-order valence-electron chi connectivity index (χ3n) is 2.04. The van der Waals surface area contributed by atoms with Gasteiger partial charge in [-0.25, -0.2) is 0 Å². The van der Waals surface area contributed by atoms with Gasteiger partial charge in [0.1, 0.15) is 0 Å². The van der Waals surface area contributed by atoms with Crippen LogP contribution in [0, 0.1) is 5.92 Å². The van der Waals surface area contributed by atoms with Gasteiger partial charge in [-0.2, -0.15) is 0 Å². The molecule has 0 saturated heterocycles. The molecule has 1 aromatic rings. The number of hydrogen-bond donors (Lipinski definition) is 0. The van der Waals surface area contributed by atoms with Crippen LogP contribution in [-0.2, 0) is 16.1 Å². The lowest BCUT2D eigenvalue weighted by Gasteiger charge is -2.07. The highest BCUT2D eigenvalue weighted by molar-refractivity contribution is 5.13. The summed E-state index contributed by atoms with van der Waals surface area (Å²) in [7, 11) is 1.65. The van der Waals surface area contributed by atoms with E-state index in [1.807, 2.05) is 24.3 Å². The number of rotatable bonds is 6. The van der Waals surface area contributed by atoms with Crippen LogP contribution < -0.4 is 0 Å². The van der Waals surface area contributed by atoms with Gasteiger partial charge in [-0.15, -0.1) is 0 Å². The first-order chi connectivity index (χ1) is 7.33. The normalized spacial score (nSPS) is 12.9. The van der Waals surface area contributed by atoms with Gasteiger partial charge in [-0.05, 0) is 11.6 Å². The van der Waals surface area contributed by atoms with E-state index in [0.717, 1.165) is 6.61 Å². The zero-order chi connectivity index (χ0) is 10.9. The Labute approximate surface area is 91.5 Å². The summed E-state index contributed by atoms with van der Waals surface area (Å²) in [6, 6.07) is 10.2. The van der Waals surface area contributed by atoms with E-state index in [1.54, 1.807) is 13.4 Å². The van der Waals surface area contributed by atoms with Gasteiger partial charge < -0.3 is 9.47 Å². The van der Waals surface area contributed by atoms with Crippen LogP contribution in [0.3, 0.4) is 0 Å². The third kappa shape index (κ3) is 5.23. The topological polar surface area (TPSA) is 18.5 Å². The van der Waals surface area contributed by atoms with E-state index in [-0.39, 0.29) is 0 Å². The van der Waals surface area contributed by atoms with Crippen molar-refractivity contribution < 1.29 is 9.47 Å². The molecule has 0 radical (unpaired) electrons. The molecule has 1 rings (SSSR count). The van der Waals surface area contributed by atoms with Crippen LogP contribution in [0.1, 0.15) is 12.5 Å². The van der Waals surface area contributed by atoms with Crippen LogP contribution >= 0.6 is 0 Å². The molecule has 0 aromatic heterocycles. The molecule has 1 atom stereocenters. The van der Waals surface area contributed by atoms with E-state index in [2.05, 4.69) is 19.1 Å². The lowest BCUT2D eigenvalue weighted by molar-refractivity contribution is 0.103. The van der Waals surface area contributed by atoms with Crippen molar-refractivity contribution in [3.05, 3.63) is 48.2 Å². The van der Waals surface area contributed by atoms with Crippen LogP contribution in [-0.4, -0.2) is 13.7 Å². The van der Waals surface area contributed by atoms with Gasteiger partial charge >= 0.3 is 0 Å². The van der Waals surface area contributed by atoms with Crippen molar-refractivity contribution in [2.45, 2.75) is 13.5 Å². The van der Waals surface area contributed by atoms with E-state index < -0.39 is 0 Å². The minimum atomic E-state index is 0.383. The van der Waals surface area contributed by atoms with Crippen molar-refractivity contribution >= 4 is 0 Å². The molecule has 2 nitrogen and oxygen atoms in total. The summed E-state index contributed by atoms with van der Waals surface area (Å²) in [6.45, 7) is 3.49. The van der Waals surface area contributed by atoms with Crippen molar-refractivity contribution in [2.75, 3.05) is 13.7 Å². The number of methoxy groups -OCH3 is 1. The molecule has 0 bridgehead atoms. The maximum Gasteiger partial charge on any atom is 0.0788 e. The molecule has 0 aliphatic heterocycles. The smallest absolute Gasteiger partial charge is 0.0788 e. The third-order valence-corrected chi connectivity index (χ3v) is 2.04. The Bertz CT molecular complexity index is 280. The SMILES string of the molecule is CO/C=C/[C@H](C)COCc1ccccc1.